The normalized spacial score (nSPS) is 11.2. The van der Waals surface area contributed by atoms with Gasteiger partial charge >= 0.3 is 12.1 Å². The Morgan fingerprint density at radius 2 is 1.89 bits per heavy atom. The Balaban J connectivity index is 3.49. The first-order chi connectivity index (χ1) is 8.18. The van der Waals surface area contributed by atoms with Crippen LogP contribution < -0.4 is 4.74 Å². The van der Waals surface area contributed by atoms with E-state index in [1.165, 1.54) is 0 Å². The van der Waals surface area contributed by atoms with Crippen LogP contribution in [0.1, 0.15) is 15.9 Å². The number of hydrogen-bond acceptors (Lipinski definition) is 3. The predicted octanol–water partition coefficient (Wildman–Crippen LogP) is 2.74. The van der Waals surface area contributed by atoms with Crippen molar-refractivity contribution in [3.63, 3.8) is 0 Å². The van der Waals surface area contributed by atoms with E-state index in [0.29, 0.717) is 6.07 Å². The summed E-state index contributed by atoms with van der Waals surface area (Å²) in [5.41, 5.74) is -1.80. The molecule has 0 unspecified atom stereocenters. The van der Waals surface area contributed by atoms with Gasteiger partial charge in [-0.05, 0) is 28.1 Å². The maximum absolute atomic E-state index is 12.7. The first-order valence-corrected chi connectivity index (χ1v) is 5.20. The van der Waals surface area contributed by atoms with Crippen molar-refractivity contribution in [1.29, 1.82) is 0 Å². The van der Waals surface area contributed by atoms with Gasteiger partial charge in [-0.1, -0.05) is 0 Å². The molecule has 98 valence electrons. The molecule has 0 aliphatic rings. The standard InChI is InChI=1S/C10H6BrF3O4/c1-18-8-5(10(12,13)14)2-4(3-6(8)11)7(15)9(16)17/h2-3H,1H3,(H,16,17). The average Bonchev–Trinajstić information content (AvgIpc) is 2.25. The summed E-state index contributed by atoms with van der Waals surface area (Å²) in [6, 6.07) is 1.41. The fraction of sp³-hybridized carbons (Fsp3) is 0.200. The molecule has 0 spiro atoms. The highest BCUT2D eigenvalue weighted by Gasteiger charge is 2.36. The molecule has 0 bridgehead atoms. The minimum Gasteiger partial charge on any atom is -0.495 e. The van der Waals surface area contributed by atoms with Gasteiger partial charge in [-0.2, -0.15) is 13.2 Å². The molecule has 1 aromatic carbocycles. The SMILES string of the molecule is COc1c(Br)cc(C(=O)C(=O)O)cc1C(F)(F)F. The molecule has 0 saturated carbocycles. The van der Waals surface area contributed by atoms with Crippen molar-refractivity contribution in [3.05, 3.63) is 27.7 Å². The van der Waals surface area contributed by atoms with E-state index in [4.69, 9.17) is 5.11 Å². The number of ketones is 1. The lowest BCUT2D eigenvalue weighted by atomic mass is 10.1. The van der Waals surface area contributed by atoms with E-state index in [0.717, 1.165) is 13.2 Å². The Bertz CT molecular complexity index is 511. The molecule has 4 nitrogen and oxygen atoms in total. The van der Waals surface area contributed by atoms with E-state index in [1.807, 2.05) is 0 Å². The van der Waals surface area contributed by atoms with Gasteiger partial charge in [0.05, 0.1) is 17.1 Å². The van der Waals surface area contributed by atoms with Crippen molar-refractivity contribution >= 4 is 27.7 Å². The number of rotatable bonds is 3. The minimum atomic E-state index is -4.76. The van der Waals surface area contributed by atoms with Crippen LogP contribution in [0.4, 0.5) is 13.2 Å². The number of ether oxygens (including phenoxy) is 1. The summed E-state index contributed by atoms with van der Waals surface area (Å²) < 4.78 is 42.5. The molecule has 0 amide bonds. The summed E-state index contributed by atoms with van der Waals surface area (Å²) in [7, 11) is 1.04. The molecule has 0 aromatic heterocycles. The average molecular weight is 327 g/mol. The van der Waals surface area contributed by atoms with Gasteiger partial charge < -0.3 is 9.84 Å². The van der Waals surface area contributed by atoms with Crippen LogP contribution in [0.5, 0.6) is 5.75 Å². The van der Waals surface area contributed by atoms with Gasteiger partial charge in [0.1, 0.15) is 5.75 Å². The van der Waals surface area contributed by atoms with Crippen LogP contribution in [0.25, 0.3) is 0 Å². The van der Waals surface area contributed by atoms with Gasteiger partial charge in [0.2, 0.25) is 0 Å². The largest absolute Gasteiger partial charge is 0.495 e. The number of aliphatic carboxylic acids is 1. The third-order valence-electron chi connectivity index (χ3n) is 2.01. The lowest BCUT2D eigenvalue weighted by Gasteiger charge is -2.14. The van der Waals surface area contributed by atoms with Gasteiger partial charge in [-0.15, -0.1) is 0 Å². The van der Waals surface area contributed by atoms with E-state index in [-0.39, 0.29) is 4.47 Å². The van der Waals surface area contributed by atoms with Crippen LogP contribution in [0.15, 0.2) is 16.6 Å². The summed E-state index contributed by atoms with van der Waals surface area (Å²) in [6.45, 7) is 0. The zero-order chi connectivity index (χ0) is 14.1. The van der Waals surface area contributed by atoms with E-state index >= 15 is 0 Å². The summed E-state index contributed by atoms with van der Waals surface area (Å²) in [6.07, 6.45) is -4.76. The van der Waals surface area contributed by atoms with Gasteiger partial charge in [-0.3, -0.25) is 4.79 Å². The van der Waals surface area contributed by atoms with Gasteiger partial charge in [0.15, 0.2) is 0 Å². The van der Waals surface area contributed by atoms with Crippen LogP contribution >= 0.6 is 15.9 Å². The van der Waals surface area contributed by atoms with Crippen molar-refractivity contribution in [3.8, 4) is 5.75 Å². The Labute approximate surface area is 107 Å². The molecule has 18 heavy (non-hydrogen) atoms. The maximum Gasteiger partial charge on any atom is 0.420 e. The second-order valence-corrected chi connectivity index (χ2v) is 4.03. The Kier molecular flexibility index (Phi) is 4.00. The Morgan fingerprint density at radius 3 is 2.28 bits per heavy atom. The summed E-state index contributed by atoms with van der Waals surface area (Å²) >= 11 is 2.80. The highest BCUT2D eigenvalue weighted by Crippen LogP contribution is 2.41. The minimum absolute atomic E-state index is 0.149. The summed E-state index contributed by atoms with van der Waals surface area (Å²) in [5, 5.41) is 8.47. The molecule has 0 atom stereocenters. The van der Waals surface area contributed by atoms with Crippen LogP contribution in [0.2, 0.25) is 0 Å². The third-order valence-corrected chi connectivity index (χ3v) is 2.60. The van der Waals surface area contributed by atoms with E-state index < -0.39 is 34.8 Å². The first-order valence-electron chi connectivity index (χ1n) is 4.40. The van der Waals surface area contributed by atoms with Crippen molar-refractivity contribution in [2.75, 3.05) is 7.11 Å². The number of methoxy groups -OCH3 is 1. The van der Waals surface area contributed by atoms with Gasteiger partial charge in [-0.25, -0.2) is 4.79 Å². The number of hydrogen-bond donors (Lipinski definition) is 1. The molecule has 0 heterocycles. The highest BCUT2D eigenvalue weighted by atomic mass is 79.9. The zero-order valence-corrected chi connectivity index (χ0v) is 10.4. The molecular formula is C10H6BrF3O4. The van der Waals surface area contributed by atoms with Gasteiger partial charge in [0.25, 0.3) is 5.78 Å². The molecular weight excluding hydrogens is 321 g/mol. The molecule has 0 fully saturated rings. The van der Waals surface area contributed by atoms with Crippen molar-refractivity contribution < 1.29 is 32.6 Å². The topological polar surface area (TPSA) is 63.6 Å². The first kappa shape index (κ1) is 14.5. The number of carboxylic acids is 1. The van der Waals surface area contributed by atoms with Crippen LogP contribution in [0.3, 0.4) is 0 Å². The lowest BCUT2D eigenvalue weighted by molar-refractivity contribution is -0.139. The number of carboxylic acid groups (broad SMARTS) is 1. The number of Topliss-reactive ketones (excluding diaryl/α,β-unsaturated/α-hetero) is 1. The molecule has 1 N–H and O–H groups in total. The van der Waals surface area contributed by atoms with Crippen molar-refractivity contribution in [1.82, 2.24) is 0 Å². The van der Waals surface area contributed by atoms with Crippen molar-refractivity contribution in [2.45, 2.75) is 6.18 Å². The third kappa shape index (κ3) is 2.81. The lowest BCUT2D eigenvalue weighted by Crippen LogP contribution is -2.15. The predicted molar refractivity (Wildman–Crippen MR) is 57.7 cm³/mol. The number of carbonyl (C=O) groups is 2. The summed E-state index contributed by atoms with van der Waals surface area (Å²) in [4.78, 5) is 21.6. The number of benzene rings is 1. The molecule has 0 aliphatic heterocycles. The fourth-order valence-electron chi connectivity index (χ4n) is 1.27. The quantitative estimate of drug-likeness (QED) is 0.685. The van der Waals surface area contributed by atoms with E-state index in [1.54, 1.807) is 0 Å². The second kappa shape index (κ2) is 4.97. The molecule has 1 aromatic rings. The Hall–Kier alpha value is -1.57. The molecule has 0 aliphatic carbocycles. The monoisotopic (exact) mass is 326 g/mol. The fourth-order valence-corrected chi connectivity index (χ4v) is 1.89. The molecule has 0 radical (unpaired) electrons. The van der Waals surface area contributed by atoms with Crippen molar-refractivity contribution in [2.24, 2.45) is 0 Å². The molecule has 1 rings (SSSR count). The van der Waals surface area contributed by atoms with Crippen LogP contribution in [-0.4, -0.2) is 24.0 Å². The van der Waals surface area contributed by atoms with E-state index in [2.05, 4.69) is 20.7 Å². The maximum atomic E-state index is 12.7. The zero-order valence-electron chi connectivity index (χ0n) is 8.84. The molecule has 8 heteroatoms. The number of alkyl halides is 3. The number of carbonyl (C=O) groups excluding carboxylic acids is 1. The van der Waals surface area contributed by atoms with Gasteiger partial charge in [0, 0.05) is 5.56 Å². The van der Waals surface area contributed by atoms with E-state index in [9.17, 15) is 22.8 Å². The Morgan fingerprint density at radius 1 is 1.33 bits per heavy atom. The molecule has 0 saturated heterocycles. The summed E-state index contributed by atoms with van der Waals surface area (Å²) in [5.74, 6) is -3.77. The second-order valence-electron chi connectivity index (χ2n) is 3.17. The number of halogens is 4. The van der Waals surface area contributed by atoms with Crippen LogP contribution in [0, 0.1) is 0 Å². The highest BCUT2D eigenvalue weighted by molar-refractivity contribution is 9.10. The van der Waals surface area contributed by atoms with Crippen LogP contribution in [-0.2, 0) is 11.0 Å². The smallest absolute Gasteiger partial charge is 0.420 e.